The summed E-state index contributed by atoms with van der Waals surface area (Å²) in [6.45, 7) is 6.40. The molecule has 1 amide bonds. The number of carbonyl (C=O) groups excluding carboxylic acids is 1. The van der Waals surface area contributed by atoms with Gasteiger partial charge in [-0.25, -0.2) is 15.0 Å². The molecule has 0 aliphatic heterocycles. The van der Waals surface area contributed by atoms with Gasteiger partial charge in [-0.1, -0.05) is 20.8 Å². The summed E-state index contributed by atoms with van der Waals surface area (Å²) in [5.74, 6) is 0.646. The number of hydrogen-bond donors (Lipinski definition) is 1. The number of nitrogens with zero attached hydrogens (tertiary/aromatic N) is 6. The van der Waals surface area contributed by atoms with E-state index in [9.17, 15) is 9.59 Å². The predicted molar refractivity (Wildman–Crippen MR) is 132 cm³/mol. The summed E-state index contributed by atoms with van der Waals surface area (Å²) in [5, 5.41) is 8.27. The van der Waals surface area contributed by atoms with E-state index in [0.29, 0.717) is 11.8 Å². The molecule has 9 nitrogen and oxygen atoms in total. The van der Waals surface area contributed by atoms with Crippen LogP contribution in [0.5, 0.6) is 0 Å². The molecule has 4 heterocycles. The number of thiophene rings is 1. The number of anilines is 1. The van der Waals surface area contributed by atoms with Crippen molar-refractivity contribution in [2.24, 2.45) is 0 Å². The molecule has 0 saturated heterocycles. The predicted octanol–water partition coefficient (Wildman–Crippen LogP) is 3.64. The van der Waals surface area contributed by atoms with Crippen molar-refractivity contribution in [1.82, 2.24) is 29.3 Å². The Kier molecular flexibility index (Phi) is 5.76. The second kappa shape index (κ2) is 8.75. The Balaban J connectivity index is 1.36. The van der Waals surface area contributed by atoms with E-state index in [1.165, 1.54) is 9.56 Å². The number of amides is 1. The molecule has 0 aromatic carbocycles. The molecule has 0 atom stereocenters. The molecular formula is C24H27N7O2S. The molecule has 4 aromatic rings. The largest absolute Gasteiger partial charge is 0.310 e. The van der Waals surface area contributed by atoms with Gasteiger partial charge in [-0.15, -0.1) is 11.3 Å². The van der Waals surface area contributed by atoms with Gasteiger partial charge in [-0.2, -0.15) is 9.78 Å². The number of aromatic nitrogens is 6. The summed E-state index contributed by atoms with van der Waals surface area (Å²) < 4.78 is 3.08. The Morgan fingerprint density at radius 2 is 1.91 bits per heavy atom. The maximum absolute atomic E-state index is 13.2. The van der Waals surface area contributed by atoms with Gasteiger partial charge in [0.15, 0.2) is 0 Å². The third kappa shape index (κ3) is 4.25. The third-order valence-corrected chi connectivity index (χ3v) is 7.21. The highest BCUT2D eigenvalue weighted by Crippen LogP contribution is 2.33. The highest BCUT2D eigenvalue weighted by molar-refractivity contribution is 7.18. The molecule has 0 unspecified atom stereocenters. The van der Waals surface area contributed by atoms with E-state index in [-0.39, 0.29) is 29.8 Å². The lowest BCUT2D eigenvalue weighted by Crippen LogP contribution is -2.24. The second-order valence-electron chi connectivity index (χ2n) is 9.56. The fourth-order valence-electron chi connectivity index (χ4n) is 4.16. The average molecular weight is 478 g/mol. The van der Waals surface area contributed by atoms with E-state index >= 15 is 0 Å². The smallest absolute Gasteiger partial charge is 0.262 e. The fourth-order valence-corrected chi connectivity index (χ4v) is 5.38. The van der Waals surface area contributed by atoms with Crippen LogP contribution in [-0.4, -0.2) is 35.2 Å². The molecule has 0 saturated carbocycles. The Morgan fingerprint density at radius 3 is 2.68 bits per heavy atom. The number of aryl methyl sites for hydroxylation is 3. The quantitative estimate of drug-likeness (QED) is 0.470. The van der Waals surface area contributed by atoms with Crippen molar-refractivity contribution in [3.8, 4) is 5.95 Å². The average Bonchev–Trinajstić information content (AvgIpc) is 3.41. The minimum atomic E-state index is -0.225. The molecule has 0 radical (unpaired) electrons. The minimum Gasteiger partial charge on any atom is -0.310 e. The lowest BCUT2D eigenvalue weighted by molar-refractivity contribution is -0.116. The zero-order valence-electron chi connectivity index (χ0n) is 19.5. The fraction of sp³-hybridized carbons (Fsp3) is 0.417. The SMILES string of the molecule is CC(C)(C)c1cc(NC(=O)CCn2cnc3sc4c(c3c2=O)CCCC4)n(-c2ncccn2)n1. The van der Waals surface area contributed by atoms with Gasteiger partial charge < -0.3 is 5.32 Å². The van der Waals surface area contributed by atoms with E-state index in [2.05, 4.69) is 46.1 Å². The maximum Gasteiger partial charge on any atom is 0.262 e. The summed E-state index contributed by atoms with van der Waals surface area (Å²) in [7, 11) is 0. The summed E-state index contributed by atoms with van der Waals surface area (Å²) in [6, 6.07) is 3.56. The molecule has 5 rings (SSSR count). The summed E-state index contributed by atoms with van der Waals surface area (Å²) in [5.41, 5.74) is 1.69. The normalized spacial score (nSPS) is 13.7. The third-order valence-electron chi connectivity index (χ3n) is 6.01. The molecule has 1 aliphatic rings. The number of carbonyl (C=O) groups is 1. The van der Waals surface area contributed by atoms with E-state index in [0.717, 1.165) is 47.2 Å². The van der Waals surface area contributed by atoms with Crippen molar-refractivity contribution >= 4 is 33.3 Å². The Hall–Kier alpha value is -3.40. The first-order chi connectivity index (χ1) is 16.3. The standard InChI is InChI=1S/C24H27N7O2S/c1-24(2,3)17-13-18(31(29-17)23-25-10-6-11-26-23)28-19(32)9-12-30-14-27-21-20(22(30)33)15-7-4-5-8-16(15)34-21/h6,10-11,13-14H,4-5,7-9,12H2,1-3H3,(H,28,32). The van der Waals surface area contributed by atoms with Gasteiger partial charge in [0.2, 0.25) is 5.91 Å². The van der Waals surface area contributed by atoms with Crippen LogP contribution in [0.25, 0.3) is 16.2 Å². The van der Waals surface area contributed by atoms with Crippen LogP contribution in [0.2, 0.25) is 0 Å². The topological polar surface area (TPSA) is 108 Å². The number of rotatable bonds is 5. The lowest BCUT2D eigenvalue weighted by Gasteiger charge is -2.13. The first kappa shape index (κ1) is 22.4. The zero-order chi connectivity index (χ0) is 23.9. The highest BCUT2D eigenvalue weighted by atomic mass is 32.1. The van der Waals surface area contributed by atoms with Crippen LogP contribution in [0.15, 0.2) is 35.6 Å². The lowest BCUT2D eigenvalue weighted by atomic mass is 9.92. The molecule has 4 aromatic heterocycles. The number of nitrogens with one attached hydrogen (secondary N) is 1. The zero-order valence-corrected chi connectivity index (χ0v) is 20.4. The Morgan fingerprint density at radius 1 is 1.15 bits per heavy atom. The monoisotopic (exact) mass is 477 g/mol. The molecule has 1 aliphatic carbocycles. The molecule has 10 heteroatoms. The van der Waals surface area contributed by atoms with E-state index in [1.54, 1.807) is 40.7 Å². The van der Waals surface area contributed by atoms with Gasteiger partial charge in [0.25, 0.3) is 11.5 Å². The van der Waals surface area contributed by atoms with Crippen LogP contribution in [-0.2, 0) is 29.6 Å². The maximum atomic E-state index is 13.2. The Bertz CT molecular complexity index is 1410. The minimum absolute atomic E-state index is 0.0602. The molecule has 176 valence electrons. The van der Waals surface area contributed by atoms with Crippen molar-refractivity contribution in [1.29, 1.82) is 0 Å². The van der Waals surface area contributed by atoms with E-state index in [1.807, 2.05) is 6.07 Å². The van der Waals surface area contributed by atoms with Crippen LogP contribution in [0.4, 0.5) is 5.82 Å². The van der Waals surface area contributed by atoms with Crippen molar-refractivity contribution in [2.45, 2.75) is 64.8 Å². The van der Waals surface area contributed by atoms with Crippen molar-refractivity contribution in [2.75, 3.05) is 5.32 Å². The number of fused-ring (bicyclic) bond motifs is 3. The van der Waals surface area contributed by atoms with Gasteiger partial charge in [0.05, 0.1) is 17.4 Å². The van der Waals surface area contributed by atoms with Crippen LogP contribution in [0.1, 0.15) is 56.2 Å². The molecular weight excluding hydrogens is 450 g/mol. The van der Waals surface area contributed by atoms with E-state index in [4.69, 9.17) is 0 Å². The van der Waals surface area contributed by atoms with Crippen LogP contribution in [0.3, 0.4) is 0 Å². The van der Waals surface area contributed by atoms with Gasteiger partial charge in [-0.05, 0) is 37.3 Å². The molecule has 0 spiro atoms. The summed E-state index contributed by atoms with van der Waals surface area (Å²) >= 11 is 1.63. The van der Waals surface area contributed by atoms with Crippen molar-refractivity contribution in [3.05, 3.63) is 57.3 Å². The van der Waals surface area contributed by atoms with Crippen LogP contribution >= 0.6 is 11.3 Å². The van der Waals surface area contributed by atoms with Crippen molar-refractivity contribution in [3.63, 3.8) is 0 Å². The van der Waals surface area contributed by atoms with Gasteiger partial charge in [0, 0.05) is 41.7 Å². The molecule has 1 N–H and O–H groups in total. The summed E-state index contributed by atoms with van der Waals surface area (Å²) in [6.07, 6.45) is 9.16. The summed E-state index contributed by atoms with van der Waals surface area (Å²) in [4.78, 5) is 41.1. The number of hydrogen-bond acceptors (Lipinski definition) is 7. The molecule has 0 bridgehead atoms. The first-order valence-electron chi connectivity index (χ1n) is 11.5. The van der Waals surface area contributed by atoms with Gasteiger partial charge in [0.1, 0.15) is 10.6 Å². The van der Waals surface area contributed by atoms with Crippen LogP contribution in [0, 0.1) is 0 Å². The van der Waals surface area contributed by atoms with Gasteiger partial charge >= 0.3 is 0 Å². The molecule has 0 fully saturated rings. The second-order valence-corrected chi connectivity index (χ2v) is 10.6. The highest BCUT2D eigenvalue weighted by Gasteiger charge is 2.23. The van der Waals surface area contributed by atoms with Crippen LogP contribution < -0.4 is 10.9 Å². The molecule has 34 heavy (non-hydrogen) atoms. The van der Waals surface area contributed by atoms with Crippen molar-refractivity contribution < 1.29 is 4.79 Å². The first-order valence-corrected chi connectivity index (χ1v) is 12.3. The van der Waals surface area contributed by atoms with E-state index < -0.39 is 0 Å². The Labute approximate surface area is 200 Å². The van der Waals surface area contributed by atoms with Gasteiger partial charge in [-0.3, -0.25) is 14.2 Å².